The monoisotopic (exact) mass is 198 g/mol. The van der Waals surface area contributed by atoms with Gasteiger partial charge in [-0.2, -0.15) is 0 Å². The molecule has 0 amide bonds. The molecule has 14 heavy (non-hydrogen) atoms. The first-order valence-electron chi connectivity index (χ1n) is 6.13. The summed E-state index contributed by atoms with van der Waals surface area (Å²) in [7, 11) is 0. The molecule has 1 rings (SSSR count). The van der Waals surface area contributed by atoms with E-state index in [9.17, 15) is 0 Å². The molecule has 0 aromatic carbocycles. The number of nitrogens with one attached hydrogen (secondary N) is 1. The zero-order valence-corrected chi connectivity index (χ0v) is 10.1. The van der Waals surface area contributed by atoms with Crippen LogP contribution in [0, 0.1) is 5.41 Å². The Hall–Kier alpha value is -0.0800. The van der Waals surface area contributed by atoms with Gasteiger partial charge in [0.1, 0.15) is 0 Å². The first-order chi connectivity index (χ1) is 6.70. The summed E-state index contributed by atoms with van der Waals surface area (Å²) in [5.74, 6) is 0. The van der Waals surface area contributed by atoms with Crippen LogP contribution in [-0.4, -0.2) is 37.6 Å². The smallest absolute Gasteiger partial charge is 0.0108 e. The van der Waals surface area contributed by atoms with Gasteiger partial charge >= 0.3 is 0 Å². The summed E-state index contributed by atoms with van der Waals surface area (Å²) >= 11 is 0. The summed E-state index contributed by atoms with van der Waals surface area (Å²) < 4.78 is 0. The normalized spacial score (nSPS) is 23.4. The van der Waals surface area contributed by atoms with Crippen molar-refractivity contribution in [2.24, 2.45) is 5.41 Å². The average molecular weight is 198 g/mol. The molecular formula is C12H26N2. The molecular weight excluding hydrogens is 172 g/mol. The predicted molar refractivity (Wildman–Crippen MR) is 62.6 cm³/mol. The molecule has 1 unspecified atom stereocenters. The Labute approximate surface area is 89.1 Å². The van der Waals surface area contributed by atoms with Gasteiger partial charge in [-0.3, -0.25) is 0 Å². The van der Waals surface area contributed by atoms with Crippen molar-refractivity contribution in [2.45, 2.75) is 40.0 Å². The van der Waals surface area contributed by atoms with Crippen LogP contribution in [0.2, 0.25) is 0 Å². The largest absolute Gasteiger partial charge is 0.314 e. The summed E-state index contributed by atoms with van der Waals surface area (Å²) in [5, 5.41) is 3.41. The molecule has 84 valence electrons. The molecule has 0 aliphatic carbocycles. The number of piperazine rings is 1. The van der Waals surface area contributed by atoms with Crippen LogP contribution >= 0.6 is 0 Å². The van der Waals surface area contributed by atoms with Gasteiger partial charge in [-0.15, -0.1) is 0 Å². The molecule has 1 heterocycles. The van der Waals surface area contributed by atoms with E-state index in [1.165, 1.54) is 52.0 Å². The van der Waals surface area contributed by atoms with E-state index < -0.39 is 0 Å². The van der Waals surface area contributed by atoms with Crippen molar-refractivity contribution in [1.82, 2.24) is 10.2 Å². The lowest BCUT2D eigenvalue weighted by Gasteiger charge is -2.37. The van der Waals surface area contributed by atoms with Crippen LogP contribution in [0.1, 0.15) is 40.0 Å². The van der Waals surface area contributed by atoms with Crippen molar-refractivity contribution in [2.75, 3.05) is 32.7 Å². The van der Waals surface area contributed by atoms with E-state index in [0.29, 0.717) is 5.41 Å². The van der Waals surface area contributed by atoms with Gasteiger partial charge in [0, 0.05) is 32.7 Å². The summed E-state index contributed by atoms with van der Waals surface area (Å²) in [4.78, 5) is 2.62. The molecule has 0 aromatic heterocycles. The fraction of sp³-hybridized carbons (Fsp3) is 1.00. The molecule has 0 saturated carbocycles. The SMILES string of the molecule is CCCC(C)(CC)CN1CCNCC1. The van der Waals surface area contributed by atoms with Crippen molar-refractivity contribution in [1.29, 1.82) is 0 Å². The van der Waals surface area contributed by atoms with Crippen LogP contribution in [0.3, 0.4) is 0 Å². The molecule has 2 nitrogen and oxygen atoms in total. The van der Waals surface area contributed by atoms with Crippen molar-refractivity contribution in [3.63, 3.8) is 0 Å². The van der Waals surface area contributed by atoms with E-state index >= 15 is 0 Å². The van der Waals surface area contributed by atoms with Crippen LogP contribution in [-0.2, 0) is 0 Å². The highest BCUT2D eigenvalue weighted by Crippen LogP contribution is 2.28. The van der Waals surface area contributed by atoms with Gasteiger partial charge < -0.3 is 10.2 Å². The Morgan fingerprint density at radius 3 is 2.36 bits per heavy atom. The summed E-state index contributed by atoms with van der Waals surface area (Å²) in [6, 6.07) is 0. The van der Waals surface area contributed by atoms with Crippen molar-refractivity contribution < 1.29 is 0 Å². The fourth-order valence-corrected chi connectivity index (χ4v) is 2.38. The van der Waals surface area contributed by atoms with E-state index in [0.717, 1.165) is 0 Å². The van der Waals surface area contributed by atoms with E-state index in [-0.39, 0.29) is 0 Å². The lowest BCUT2D eigenvalue weighted by molar-refractivity contribution is 0.135. The second-order valence-electron chi connectivity index (χ2n) is 4.94. The first-order valence-corrected chi connectivity index (χ1v) is 6.13. The lowest BCUT2D eigenvalue weighted by Crippen LogP contribution is -2.47. The molecule has 1 aliphatic heterocycles. The minimum absolute atomic E-state index is 0.548. The maximum absolute atomic E-state index is 3.41. The van der Waals surface area contributed by atoms with E-state index in [2.05, 4.69) is 31.0 Å². The first kappa shape index (κ1) is 12.0. The third-order valence-electron chi connectivity index (χ3n) is 3.52. The Bertz CT molecular complexity index is 152. The molecule has 1 saturated heterocycles. The van der Waals surface area contributed by atoms with Gasteiger partial charge in [0.15, 0.2) is 0 Å². The number of nitrogens with zero attached hydrogens (tertiary/aromatic N) is 1. The van der Waals surface area contributed by atoms with Gasteiger partial charge in [-0.1, -0.05) is 27.2 Å². The summed E-state index contributed by atoms with van der Waals surface area (Å²) in [5.41, 5.74) is 0.548. The van der Waals surface area contributed by atoms with E-state index in [1.54, 1.807) is 0 Å². The maximum Gasteiger partial charge on any atom is 0.0108 e. The topological polar surface area (TPSA) is 15.3 Å². The van der Waals surface area contributed by atoms with E-state index in [4.69, 9.17) is 0 Å². The quantitative estimate of drug-likeness (QED) is 0.728. The molecule has 1 N–H and O–H groups in total. The van der Waals surface area contributed by atoms with Gasteiger partial charge in [0.2, 0.25) is 0 Å². The van der Waals surface area contributed by atoms with Gasteiger partial charge in [0.05, 0.1) is 0 Å². The molecule has 0 spiro atoms. The zero-order chi connectivity index (χ0) is 10.4. The standard InChI is InChI=1S/C12H26N2/c1-4-6-12(3,5-2)11-14-9-7-13-8-10-14/h13H,4-11H2,1-3H3. The minimum Gasteiger partial charge on any atom is -0.314 e. The van der Waals surface area contributed by atoms with Crippen LogP contribution in [0.4, 0.5) is 0 Å². The molecule has 1 atom stereocenters. The van der Waals surface area contributed by atoms with Crippen molar-refractivity contribution in [3.05, 3.63) is 0 Å². The molecule has 0 aromatic rings. The minimum atomic E-state index is 0.548. The third-order valence-corrected chi connectivity index (χ3v) is 3.52. The Morgan fingerprint density at radius 2 is 1.86 bits per heavy atom. The average Bonchev–Trinajstić information content (AvgIpc) is 2.20. The van der Waals surface area contributed by atoms with Crippen LogP contribution < -0.4 is 5.32 Å². The maximum atomic E-state index is 3.41. The van der Waals surface area contributed by atoms with E-state index in [1.807, 2.05) is 0 Å². The highest BCUT2D eigenvalue weighted by atomic mass is 15.2. The second kappa shape index (κ2) is 5.72. The highest BCUT2D eigenvalue weighted by molar-refractivity contribution is 4.79. The number of hydrogen-bond acceptors (Lipinski definition) is 2. The Kier molecular flexibility index (Phi) is 4.90. The summed E-state index contributed by atoms with van der Waals surface area (Å²) in [6.07, 6.45) is 3.99. The van der Waals surface area contributed by atoms with Crippen molar-refractivity contribution in [3.8, 4) is 0 Å². The van der Waals surface area contributed by atoms with Crippen LogP contribution in [0.25, 0.3) is 0 Å². The zero-order valence-electron chi connectivity index (χ0n) is 10.1. The van der Waals surface area contributed by atoms with Crippen molar-refractivity contribution >= 4 is 0 Å². The van der Waals surface area contributed by atoms with Gasteiger partial charge in [-0.05, 0) is 18.3 Å². The summed E-state index contributed by atoms with van der Waals surface area (Å²) in [6.45, 7) is 13.2. The molecule has 2 heteroatoms. The molecule has 1 fully saturated rings. The molecule has 1 aliphatic rings. The number of rotatable bonds is 5. The fourth-order valence-electron chi connectivity index (χ4n) is 2.38. The highest BCUT2D eigenvalue weighted by Gasteiger charge is 2.24. The second-order valence-corrected chi connectivity index (χ2v) is 4.94. The lowest BCUT2D eigenvalue weighted by atomic mass is 9.82. The predicted octanol–water partition coefficient (Wildman–Crippen LogP) is 2.11. The van der Waals surface area contributed by atoms with Gasteiger partial charge in [0.25, 0.3) is 0 Å². The van der Waals surface area contributed by atoms with Crippen LogP contribution in [0.5, 0.6) is 0 Å². The number of hydrogen-bond donors (Lipinski definition) is 1. The molecule has 0 radical (unpaired) electrons. The Balaban J connectivity index is 2.37. The van der Waals surface area contributed by atoms with Crippen LogP contribution in [0.15, 0.2) is 0 Å². The van der Waals surface area contributed by atoms with Gasteiger partial charge in [-0.25, -0.2) is 0 Å². The molecule has 0 bridgehead atoms. The third kappa shape index (κ3) is 3.58. The Morgan fingerprint density at radius 1 is 1.21 bits per heavy atom.